The van der Waals surface area contributed by atoms with Crippen molar-refractivity contribution in [2.45, 2.75) is 30.8 Å². The van der Waals surface area contributed by atoms with Crippen LogP contribution in [0.25, 0.3) is 5.69 Å². The summed E-state index contributed by atoms with van der Waals surface area (Å²) >= 11 is 1.40. The summed E-state index contributed by atoms with van der Waals surface area (Å²) in [5.41, 5.74) is 2.45. The van der Waals surface area contributed by atoms with Crippen LogP contribution in [-0.4, -0.2) is 35.9 Å². The van der Waals surface area contributed by atoms with Crippen LogP contribution in [0.5, 0.6) is 0 Å². The lowest BCUT2D eigenvalue weighted by Crippen LogP contribution is -2.09. The molecule has 0 fully saturated rings. The number of hydrogen-bond donors (Lipinski definition) is 0. The lowest BCUT2D eigenvalue weighted by molar-refractivity contribution is 0.0918. The Hall–Kier alpha value is -2.48. The van der Waals surface area contributed by atoms with E-state index >= 15 is 0 Å². The molecule has 2 heterocycles. The van der Waals surface area contributed by atoms with Gasteiger partial charge in [0.15, 0.2) is 0 Å². The first-order valence-electron chi connectivity index (χ1n) is 6.66. The molecule has 0 saturated heterocycles. The van der Waals surface area contributed by atoms with Crippen LogP contribution in [0, 0.1) is 13.8 Å². The number of carbonyl (C=O) groups excluding carboxylic acids is 1. The van der Waals surface area contributed by atoms with Crippen LogP contribution in [0.4, 0.5) is 0 Å². The number of hydrogen-bond acceptors (Lipinski definition) is 6. The monoisotopic (exact) mass is 314 g/mol. The van der Waals surface area contributed by atoms with E-state index in [2.05, 4.69) is 20.6 Å². The third-order valence-electron chi connectivity index (χ3n) is 3.16. The van der Waals surface area contributed by atoms with Crippen LogP contribution < -0.4 is 0 Å². The fraction of sp³-hybridized carbons (Fsp3) is 0.214. The van der Waals surface area contributed by atoms with E-state index in [0.717, 1.165) is 22.0 Å². The van der Waals surface area contributed by atoms with Crippen molar-refractivity contribution in [2.75, 3.05) is 0 Å². The van der Waals surface area contributed by atoms with Gasteiger partial charge >= 0.3 is 0 Å². The summed E-state index contributed by atoms with van der Waals surface area (Å²) in [5, 5.41) is 16.7. The summed E-state index contributed by atoms with van der Waals surface area (Å²) in [5.74, 6) is -0.116. The van der Waals surface area contributed by atoms with Crippen LogP contribution in [0.3, 0.4) is 0 Å². The zero-order valence-electron chi connectivity index (χ0n) is 12.4. The molecule has 7 nitrogen and oxygen atoms in total. The molecule has 0 bridgehead atoms. The van der Waals surface area contributed by atoms with Gasteiger partial charge in [0, 0.05) is 6.92 Å². The minimum Gasteiger partial charge on any atom is -0.273 e. The van der Waals surface area contributed by atoms with Crippen molar-refractivity contribution in [3.05, 3.63) is 41.7 Å². The molecule has 3 aromatic rings. The van der Waals surface area contributed by atoms with Crippen LogP contribution in [-0.2, 0) is 0 Å². The van der Waals surface area contributed by atoms with Crippen LogP contribution in [0.2, 0.25) is 0 Å². The Balaban J connectivity index is 1.99. The van der Waals surface area contributed by atoms with E-state index in [1.54, 1.807) is 4.68 Å². The van der Waals surface area contributed by atoms with Crippen molar-refractivity contribution in [3.63, 3.8) is 0 Å². The van der Waals surface area contributed by atoms with Crippen LogP contribution >= 0.6 is 11.8 Å². The molecule has 0 atom stereocenters. The van der Waals surface area contributed by atoms with Gasteiger partial charge in [-0.2, -0.15) is 9.78 Å². The van der Waals surface area contributed by atoms with Gasteiger partial charge in [-0.25, -0.2) is 4.68 Å². The van der Waals surface area contributed by atoms with Crippen LogP contribution in [0.1, 0.15) is 23.1 Å². The molecule has 0 radical (unpaired) electrons. The maximum Gasteiger partial charge on any atom is 0.244 e. The molecule has 3 rings (SSSR count). The molecule has 8 heteroatoms. The molecule has 0 aliphatic carbocycles. The molecule has 112 valence electrons. The second-order valence-corrected chi connectivity index (χ2v) is 5.72. The first-order valence-corrected chi connectivity index (χ1v) is 7.48. The van der Waals surface area contributed by atoms with Crippen molar-refractivity contribution in [2.24, 2.45) is 0 Å². The summed E-state index contributed by atoms with van der Waals surface area (Å²) in [6, 6.07) is 9.65. The van der Waals surface area contributed by atoms with Gasteiger partial charge in [0.25, 0.3) is 0 Å². The van der Waals surface area contributed by atoms with E-state index in [0.29, 0.717) is 5.16 Å². The lowest BCUT2D eigenvalue weighted by atomic mass is 10.3. The van der Waals surface area contributed by atoms with Crippen LogP contribution in [0.15, 0.2) is 40.4 Å². The first-order chi connectivity index (χ1) is 10.6. The number of carbonyl (C=O) groups is 1. The van der Waals surface area contributed by atoms with Gasteiger partial charge in [-0.05, 0) is 48.2 Å². The number of para-hydroxylation sites is 1. The fourth-order valence-corrected chi connectivity index (χ4v) is 3.06. The highest BCUT2D eigenvalue weighted by atomic mass is 32.2. The second kappa shape index (κ2) is 5.72. The Morgan fingerprint density at radius 3 is 2.55 bits per heavy atom. The van der Waals surface area contributed by atoms with Crippen molar-refractivity contribution in [1.29, 1.82) is 0 Å². The summed E-state index contributed by atoms with van der Waals surface area (Å²) < 4.78 is 3.06. The largest absolute Gasteiger partial charge is 0.273 e. The van der Waals surface area contributed by atoms with E-state index in [4.69, 9.17) is 0 Å². The van der Waals surface area contributed by atoms with Gasteiger partial charge < -0.3 is 0 Å². The quantitative estimate of drug-likeness (QED) is 0.738. The molecule has 0 N–H and O–H groups in total. The number of benzene rings is 1. The van der Waals surface area contributed by atoms with E-state index in [-0.39, 0.29) is 5.91 Å². The highest BCUT2D eigenvalue weighted by Crippen LogP contribution is 2.32. The molecule has 0 aliphatic heterocycles. The van der Waals surface area contributed by atoms with E-state index in [1.807, 2.05) is 44.2 Å². The molecule has 22 heavy (non-hydrogen) atoms. The Bertz CT molecular complexity index is 823. The number of aryl methyl sites for hydroxylation is 1. The molecule has 1 aromatic carbocycles. The number of aromatic nitrogens is 6. The number of tetrazole rings is 1. The topological polar surface area (TPSA) is 78.5 Å². The van der Waals surface area contributed by atoms with Crippen molar-refractivity contribution in [3.8, 4) is 5.69 Å². The third kappa shape index (κ3) is 2.52. The van der Waals surface area contributed by atoms with Gasteiger partial charge in [0.05, 0.1) is 22.0 Å². The minimum atomic E-state index is -0.116. The Labute approximate surface area is 131 Å². The second-order valence-electron chi connectivity index (χ2n) is 4.74. The van der Waals surface area contributed by atoms with Gasteiger partial charge in [-0.3, -0.25) is 4.79 Å². The molecular weight excluding hydrogens is 300 g/mol. The van der Waals surface area contributed by atoms with Crippen molar-refractivity contribution < 1.29 is 4.79 Å². The van der Waals surface area contributed by atoms with Gasteiger partial charge in [0.2, 0.25) is 11.1 Å². The fourth-order valence-electron chi connectivity index (χ4n) is 2.15. The average molecular weight is 314 g/mol. The number of rotatable bonds is 3. The van der Waals surface area contributed by atoms with Gasteiger partial charge in [0.1, 0.15) is 0 Å². The molecule has 2 aromatic heterocycles. The predicted octanol–water partition coefficient (Wildman–Crippen LogP) is 2.29. The summed E-state index contributed by atoms with van der Waals surface area (Å²) in [7, 11) is 0. The van der Waals surface area contributed by atoms with Gasteiger partial charge in [-0.15, -0.1) is 5.10 Å². The zero-order valence-corrected chi connectivity index (χ0v) is 13.2. The smallest absolute Gasteiger partial charge is 0.244 e. The Morgan fingerprint density at radius 2 is 1.91 bits per heavy atom. The molecule has 0 amide bonds. The standard InChI is InChI=1S/C14H14N6OS/c1-9-13(10(2)19(16-9)11(3)21)22-14-15-17-18-20(14)12-7-5-4-6-8-12/h4-8H,1-3H3. The van der Waals surface area contributed by atoms with E-state index in [9.17, 15) is 4.79 Å². The Kier molecular flexibility index (Phi) is 3.76. The van der Waals surface area contributed by atoms with E-state index in [1.165, 1.54) is 23.4 Å². The normalized spacial score (nSPS) is 10.9. The highest BCUT2D eigenvalue weighted by Gasteiger charge is 2.18. The maximum atomic E-state index is 11.6. The molecular formula is C14H14N6OS. The Morgan fingerprint density at radius 1 is 1.18 bits per heavy atom. The van der Waals surface area contributed by atoms with Gasteiger partial charge in [-0.1, -0.05) is 18.2 Å². The van der Waals surface area contributed by atoms with Crippen molar-refractivity contribution in [1.82, 2.24) is 30.0 Å². The average Bonchev–Trinajstić information content (AvgIpc) is 3.08. The molecule has 0 spiro atoms. The lowest BCUT2D eigenvalue weighted by Gasteiger charge is -2.04. The minimum absolute atomic E-state index is 0.116. The van der Waals surface area contributed by atoms with Crippen molar-refractivity contribution >= 4 is 17.7 Å². The molecule has 0 saturated carbocycles. The van der Waals surface area contributed by atoms with E-state index < -0.39 is 0 Å². The maximum absolute atomic E-state index is 11.6. The first kappa shape index (κ1) is 14.5. The molecule has 0 aliphatic rings. The zero-order chi connectivity index (χ0) is 15.7. The highest BCUT2D eigenvalue weighted by molar-refractivity contribution is 7.99. The summed E-state index contributed by atoms with van der Waals surface area (Å²) in [4.78, 5) is 12.5. The third-order valence-corrected chi connectivity index (χ3v) is 4.39. The molecule has 0 unspecified atom stereocenters. The summed E-state index contributed by atoms with van der Waals surface area (Å²) in [6.45, 7) is 5.22. The summed E-state index contributed by atoms with van der Waals surface area (Å²) in [6.07, 6.45) is 0. The predicted molar refractivity (Wildman–Crippen MR) is 81.3 cm³/mol. The SMILES string of the molecule is CC(=O)n1nc(C)c(Sc2nnnn2-c2ccccc2)c1C. The number of nitrogens with zero attached hydrogens (tertiary/aromatic N) is 6.